The molecule has 11 heavy (non-hydrogen) atoms. The monoisotopic (exact) mass is 149 g/mol. The first-order valence-corrected chi connectivity index (χ1v) is 4.21. The summed E-state index contributed by atoms with van der Waals surface area (Å²) < 4.78 is 0. The van der Waals surface area contributed by atoms with E-state index in [0.717, 1.165) is 6.32 Å². The van der Waals surface area contributed by atoms with Gasteiger partial charge in [0.05, 0.1) is 0 Å². The number of rotatable bonds is 4. The fraction of sp³-hybridized carbons (Fsp3) is 0.625. The van der Waals surface area contributed by atoms with E-state index in [-0.39, 0.29) is 0 Å². The van der Waals surface area contributed by atoms with Crippen molar-refractivity contribution in [3.63, 3.8) is 0 Å². The fourth-order valence-corrected chi connectivity index (χ4v) is 0.871. The van der Waals surface area contributed by atoms with Crippen molar-refractivity contribution >= 4 is 19.7 Å². The Kier molecular flexibility index (Phi) is 6.00. The summed E-state index contributed by atoms with van der Waals surface area (Å²) in [6, 6.07) is 0. The van der Waals surface area contributed by atoms with Gasteiger partial charge in [-0.05, 0) is 0 Å². The standard InChI is InChI=1S/C8H17B2N/c1-5-8(2)11-10(4)7-6-9-3/h5-6,11H,7H2,1-4H3/b8-5-. The van der Waals surface area contributed by atoms with Crippen molar-refractivity contribution in [3.8, 4) is 0 Å². The second-order valence-electron chi connectivity index (χ2n) is 2.82. The average Bonchev–Trinajstić information content (AvgIpc) is 2.00. The van der Waals surface area contributed by atoms with Crippen LogP contribution in [0.25, 0.3) is 0 Å². The molecule has 0 amide bonds. The van der Waals surface area contributed by atoms with Gasteiger partial charge < -0.3 is 0 Å². The second-order valence-corrected chi connectivity index (χ2v) is 2.82. The predicted octanol–water partition coefficient (Wildman–Crippen LogP) is 1.68. The van der Waals surface area contributed by atoms with Gasteiger partial charge in [-0.25, -0.2) is 0 Å². The Labute approximate surface area is 71.3 Å². The summed E-state index contributed by atoms with van der Waals surface area (Å²) in [5.74, 6) is 2.18. The molecule has 60 valence electrons. The van der Waals surface area contributed by atoms with Crippen molar-refractivity contribution in [1.29, 1.82) is 0 Å². The Morgan fingerprint density at radius 3 is 2.73 bits per heavy atom. The van der Waals surface area contributed by atoms with Crippen LogP contribution in [0.2, 0.25) is 20.0 Å². The third kappa shape index (κ3) is 5.96. The molecule has 0 saturated heterocycles. The molecule has 0 aliphatic carbocycles. The summed E-state index contributed by atoms with van der Waals surface area (Å²) in [5.41, 5.74) is 1.25. The molecule has 0 aromatic rings. The minimum atomic E-state index is 0.544. The van der Waals surface area contributed by atoms with Crippen LogP contribution in [-0.2, 0) is 0 Å². The first kappa shape index (κ1) is 10.5. The van der Waals surface area contributed by atoms with Gasteiger partial charge in [-0.3, -0.25) is 0 Å². The summed E-state index contributed by atoms with van der Waals surface area (Å²) in [7, 11) is 0. The summed E-state index contributed by atoms with van der Waals surface area (Å²) in [6.07, 6.45) is 3.19. The van der Waals surface area contributed by atoms with Gasteiger partial charge in [-0.2, -0.15) is 0 Å². The maximum absolute atomic E-state index is 3.37. The molecule has 0 aromatic carbocycles. The Morgan fingerprint density at radius 1 is 1.64 bits per heavy atom. The van der Waals surface area contributed by atoms with E-state index in [9.17, 15) is 0 Å². The normalized spacial score (nSPS) is 11.5. The molecule has 0 fully saturated rings. The van der Waals surface area contributed by atoms with Crippen molar-refractivity contribution in [2.24, 2.45) is 0 Å². The Balaban J connectivity index is 3.60. The van der Waals surface area contributed by atoms with Crippen molar-refractivity contribution in [3.05, 3.63) is 11.8 Å². The van der Waals surface area contributed by atoms with Gasteiger partial charge in [0.15, 0.2) is 0 Å². The summed E-state index contributed by atoms with van der Waals surface area (Å²) in [5, 5.41) is 3.37. The fourth-order valence-electron chi connectivity index (χ4n) is 0.871. The molecule has 0 bridgehead atoms. The molecular formula is C8H17B2N. The number of allylic oxidation sites excluding steroid dienone is 2. The Morgan fingerprint density at radius 2 is 2.27 bits per heavy atom. The second kappa shape index (κ2) is 6.26. The molecule has 0 radical (unpaired) electrons. The topological polar surface area (TPSA) is 12.0 Å². The van der Waals surface area contributed by atoms with E-state index >= 15 is 0 Å². The van der Waals surface area contributed by atoms with Crippen molar-refractivity contribution in [2.75, 3.05) is 0 Å². The average molecular weight is 149 g/mol. The van der Waals surface area contributed by atoms with E-state index in [0.29, 0.717) is 6.85 Å². The molecular weight excluding hydrogens is 132 g/mol. The van der Waals surface area contributed by atoms with Crippen LogP contribution in [0.5, 0.6) is 0 Å². The van der Waals surface area contributed by atoms with Crippen LogP contribution >= 0.6 is 0 Å². The van der Waals surface area contributed by atoms with E-state index in [1.807, 2.05) is 6.92 Å². The number of nitrogens with one attached hydrogen (secondary N) is 1. The van der Waals surface area contributed by atoms with E-state index in [1.165, 1.54) is 5.70 Å². The van der Waals surface area contributed by atoms with Crippen molar-refractivity contribution in [1.82, 2.24) is 5.23 Å². The Hall–Kier alpha value is -0.460. The van der Waals surface area contributed by atoms with Crippen LogP contribution in [0.3, 0.4) is 0 Å². The maximum atomic E-state index is 3.37. The van der Waals surface area contributed by atoms with Crippen molar-refractivity contribution < 1.29 is 0 Å². The zero-order valence-corrected chi connectivity index (χ0v) is 8.02. The molecule has 0 saturated carbocycles. The minimum absolute atomic E-state index is 0.544. The molecule has 0 heterocycles. The summed E-state index contributed by atoms with van der Waals surface area (Å²) in [4.78, 5) is 0. The number of hydrogen-bond donors (Lipinski definition) is 1. The third-order valence-electron chi connectivity index (χ3n) is 1.63. The molecule has 0 rings (SSSR count). The van der Waals surface area contributed by atoms with Gasteiger partial charge in [0.25, 0.3) is 0 Å². The molecule has 1 nitrogen and oxygen atoms in total. The molecule has 1 N–H and O–H groups in total. The first-order chi connectivity index (χ1) is 5.20. The van der Waals surface area contributed by atoms with Gasteiger partial charge in [-0.15, -0.1) is 0 Å². The van der Waals surface area contributed by atoms with E-state index < -0.39 is 0 Å². The Bertz CT molecular complexity index is 152. The molecule has 0 unspecified atom stereocenters. The van der Waals surface area contributed by atoms with E-state index in [1.54, 1.807) is 0 Å². The van der Waals surface area contributed by atoms with E-state index in [4.69, 9.17) is 0 Å². The van der Waals surface area contributed by atoms with Crippen molar-refractivity contribution in [2.45, 2.75) is 33.8 Å². The molecule has 3 heteroatoms. The first-order valence-electron chi connectivity index (χ1n) is 4.21. The molecule has 0 atom stereocenters. The van der Waals surface area contributed by atoms with Crippen LogP contribution in [-0.4, -0.2) is 19.7 Å². The number of hydrogen-bond acceptors (Lipinski definition) is 1. The van der Waals surface area contributed by atoms with Crippen LogP contribution < -0.4 is 5.23 Å². The molecule has 0 aliphatic heterocycles. The van der Waals surface area contributed by atoms with E-state index in [2.05, 4.69) is 44.8 Å². The van der Waals surface area contributed by atoms with Gasteiger partial charge in [0.1, 0.15) is 0 Å². The quantitative estimate of drug-likeness (QED) is 0.599. The predicted molar refractivity (Wildman–Crippen MR) is 56.7 cm³/mol. The van der Waals surface area contributed by atoms with Crippen LogP contribution in [0.4, 0.5) is 0 Å². The summed E-state index contributed by atoms with van der Waals surface area (Å²) >= 11 is 0. The van der Waals surface area contributed by atoms with Gasteiger partial charge >= 0.3 is 70.5 Å². The van der Waals surface area contributed by atoms with Gasteiger partial charge in [0, 0.05) is 0 Å². The third-order valence-corrected chi connectivity index (χ3v) is 1.63. The van der Waals surface area contributed by atoms with Crippen LogP contribution in [0, 0.1) is 0 Å². The zero-order valence-electron chi connectivity index (χ0n) is 8.02. The SMILES string of the molecule is C/B=C\CB(C)N/C(C)=C\C. The zero-order chi connectivity index (χ0) is 8.69. The van der Waals surface area contributed by atoms with Crippen LogP contribution in [0.15, 0.2) is 11.8 Å². The van der Waals surface area contributed by atoms with Crippen LogP contribution in [0.1, 0.15) is 13.8 Å². The van der Waals surface area contributed by atoms with Gasteiger partial charge in [0.2, 0.25) is 0 Å². The summed E-state index contributed by atoms with van der Waals surface area (Å²) in [6.45, 7) is 11.0. The van der Waals surface area contributed by atoms with Gasteiger partial charge in [-0.1, -0.05) is 0 Å². The molecule has 0 spiro atoms. The molecule has 0 aromatic heterocycles. The molecule has 0 aliphatic rings.